The first-order chi connectivity index (χ1) is 9.58. The molecule has 110 valence electrons. The van der Waals surface area contributed by atoms with Gasteiger partial charge in [-0.1, -0.05) is 44.2 Å². The van der Waals surface area contributed by atoms with E-state index in [0.717, 1.165) is 25.2 Å². The maximum Gasteiger partial charge on any atom is 0.311 e. The van der Waals surface area contributed by atoms with E-state index in [-0.39, 0.29) is 18.0 Å². The number of rotatable bonds is 6. The second-order valence-electron chi connectivity index (χ2n) is 5.99. The van der Waals surface area contributed by atoms with Crippen LogP contribution in [-0.4, -0.2) is 30.5 Å². The van der Waals surface area contributed by atoms with Crippen molar-refractivity contribution in [2.75, 3.05) is 19.6 Å². The number of carbonyl (C=O) groups is 1. The molecule has 0 aromatic heterocycles. The van der Waals surface area contributed by atoms with Gasteiger partial charge in [-0.05, 0) is 37.9 Å². The third-order valence-corrected chi connectivity index (χ3v) is 4.07. The van der Waals surface area contributed by atoms with E-state index in [0.29, 0.717) is 5.92 Å². The summed E-state index contributed by atoms with van der Waals surface area (Å²) in [5.74, 6) is 0.218. The molecule has 0 bridgehead atoms. The van der Waals surface area contributed by atoms with Crippen LogP contribution in [0, 0.1) is 11.8 Å². The molecule has 0 saturated carbocycles. The van der Waals surface area contributed by atoms with Gasteiger partial charge in [0.15, 0.2) is 0 Å². The van der Waals surface area contributed by atoms with Gasteiger partial charge in [-0.15, -0.1) is 0 Å². The molecular weight excluding hydrogens is 250 g/mol. The van der Waals surface area contributed by atoms with E-state index in [1.165, 1.54) is 6.42 Å². The highest BCUT2D eigenvalue weighted by molar-refractivity contribution is 5.73. The smallest absolute Gasteiger partial charge is 0.311 e. The Balaban J connectivity index is 1.93. The molecule has 1 aliphatic rings. The molecule has 0 N–H and O–H groups in total. The topological polar surface area (TPSA) is 29.5 Å². The van der Waals surface area contributed by atoms with Gasteiger partial charge in [-0.3, -0.25) is 4.79 Å². The number of carbonyl (C=O) groups excluding carboxylic acids is 1. The number of hydrogen-bond acceptors (Lipinski definition) is 3. The Labute approximate surface area is 121 Å². The van der Waals surface area contributed by atoms with Crippen LogP contribution in [0.3, 0.4) is 0 Å². The van der Waals surface area contributed by atoms with Gasteiger partial charge in [0.2, 0.25) is 0 Å². The highest BCUT2D eigenvalue weighted by Gasteiger charge is 2.29. The van der Waals surface area contributed by atoms with Crippen molar-refractivity contribution in [3.8, 4) is 0 Å². The molecule has 1 heterocycles. The zero-order valence-corrected chi connectivity index (χ0v) is 12.7. The van der Waals surface area contributed by atoms with Crippen molar-refractivity contribution in [1.29, 1.82) is 0 Å². The fraction of sp³-hybridized carbons (Fsp3) is 0.588. The number of esters is 1. The lowest BCUT2D eigenvalue weighted by molar-refractivity contribution is -0.156. The lowest BCUT2D eigenvalue weighted by Gasteiger charge is -2.34. The molecule has 2 rings (SSSR count). The van der Waals surface area contributed by atoms with E-state index >= 15 is 0 Å². The van der Waals surface area contributed by atoms with Gasteiger partial charge in [-0.2, -0.15) is 0 Å². The molecular formula is C17H25NO2. The van der Waals surface area contributed by atoms with E-state index in [1.807, 2.05) is 37.3 Å². The van der Waals surface area contributed by atoms with Crippen LogP contribution in [-0.2, 0) is 9.53 Å². The molecule has 0 unspecified atom stereocenters. The number of ether oxygens (including phenoxy) is 1. The molecule has 0 radical (unpaired) electrons. The Morgan fingerprint density at radius 3 is 2.35 bits per heavy atom. The Bertz CT molecular complexity index is 426. The van der Waals surface area contributed by atoms with Gasteiger partial charge in [0.05, 0.1) is 5.92 Å². The average Bonchev–Trinajstić information content (AvgIpc) is 2.37. The van der Waals surface area contributed by atoms with E-state index in [9.17, 15) is 4.79 Å². The Morgan fingerprint density at radius 1 is 1.20 bits per heavy atom. The number of benzene rings is 1. The lowest BCUT2D eigenvalue weighted by Crippen LogP contribution is -2.44. The number of nitrogens with zero attached hydrogens (tertiary/aromatic N) is 1. The lowest BCUT2D eigenvalue weighted by atomic mass is 9.94. The molecule has 1 aliphatic heterocycles. The maximum absolute atomic E-state index is 12.4. The van der Waals surface area contributed by atoms with Crippen LogP contribution in [0.2, 0.25) is 0 Å². The normalized spacial score (nSPS) is 18.4. The van der Waals surface area contributed by atoms with Crippen molar-refractivity contribution >= 4 is 5.97 Å². The van der Waals surface area contributed by atoms with Crippen LogP contribution in [0.15, 0.2) is 30.3 Å². The second kappa shape index (κ2) is 6.89. The summed E-state index contributed by atoms with van der Waals surface area (Å²) in [6, 6.07) is 9.91. The summed E-state index contributed by atoms with van der Waals surface area (Å²) in [6.07, 6.45) is 1.07. The van der Waals surface area contributed by atoms with Gasteiger partial charge < -0.3 is 9.64 Å². The van der Waals surface area contributed by atoms with Gasteiger partial charge in [0, 0.05) is 6.54 Å². The summed E-state index contributed by atoms with van der Waals surface area (Å²) in [6.45, 7) is 9.19. The molecule has 1 aromatic rings. The molecule has 0 spiro atoms. The van der Waals surface area contributed by atoms with E-state index in [1.54, 1.807) is 0 Å². The highest BCUT2D eigenvalue weighted by atomic mass is 16.5. The third kappa shape index (κ3) is 3.83. The molecule has 1 fully saturated rings. The summed E-state index contributed by atoms with van der Waals surface area (Å²) in [5, 5.41) is 0. The van der Waals surface area contributed by atoms with Crippen molar-refractivity contribution in [2.24, 2.45) is 11.8 Å². The largest absolute Gasteiger partial charge is 0.458 e. The molecule has 1 aromatic carbocycles. The second-order valence-corrected chi connectivity index (χ2v) is 5.99. The first-order valence-electron chi connectivity index (χ1n) is 7.55. The Kier molecular flexibility index (Phi) is 5.18. The summed E-state index contributed by atoms with van der Waals surface area (Å²) in [4.78, 5) is 14.7. The third-order valence-electron chi connectivity index (χ3n) is 4.07. The van der Waals surface area contributed by atoms with Crippen LogP contribution in [0.5, 0.6) is 0 Å². The van der Waals surface area contributed by atoms with Crippen molar-refractivity contribution < 1.29 is 9.53 Å². The molecule has 3 heteroatoms. The molecule has 3 nitrogen and oxygen atoms in total. The van der Waals surface area contributed by atoms with Gasteiger partial charge >= 0.3 is 5.97 Å². The monoisotopic (exact) mass is 275 g/mol. The van der Waals surface area contributed by atoms with Crippen molar-refractivity contribution in [1.82, 2.24) is 4.90 Å². The standard InChI is InChI=1S/C17H25NO2/c1-13(2)16(12-18-10-7-11-18)17(19)20-14(3)15-8-5-4-6-9-15/h4-6,8-9,13-14,16H,7,10-12H2,1-3H3/t14-,16-/m0/s1. The van der Waals surface area contributed by atoms with E-state index < -0.39 is 0 Å². The maximum atomic E-state index is 12.4. The number of likely N-dealkylation sites (tertiary alicyclic amines) is 1. The predicted octanol–water partition coefficient (Wildman–Crippen LogP) is 3.27. The molecule has 1 saturated heterocycles. The van der Waals surface area contributed by atoms with E-state index in [2.05, 4.69) is 18.7 Å². The minimum absolute atomic E-state index is 0.0264. The first kappa shape index (κ1) is 15.0. The van der Waals surface area contributed by atoms with Crippen molar-refractivity contribution in [2.45, 2.75) is 33.3 Å². The fourth-order valence-corrected chi connectivity index (χ4v) is 2.45. The van der Waals surface area contributed by atoms with Crippen LogP contribution < -0.4 is 0 Å². The summed E-state index contributed by atoms with van der Waals surface area (Å²) >= 11 is 0. The van der Waals surface area contributed by atoms with Crippen molar-refractivity contribution in [3.63, 3.8) is 0 Å². The minimum Gasteiger partial charge on any atom is -0.458 e. The summed E-state index contributed by atoms with van der Waals surface area (Å²) < 4.78 is 5.66. The first-order valence-corrected chi connectivity index (χ1v) is 7.55. The van der Waals surface area contributed by atoms with Gasteiger partial charge in [0.25, 0.3) is 0 Å². The minimum atomic E-state index is -0.179. The molecule has 0 aliphatic carbocycles. The zero-order chi connectivity index (χ0) is 14.5. The summed E-state index contributed by atoms with van der Waals surface area (Å²) in [5.41, 5.74) is 1.05. The van der Waals surface area contributed by atoms with Crippen LogP contribution >= 0.6 is 0 Å². The van der Waals surface area contributed by atoms with Crippen LogP contribution in [0.25, 0.3) is 0 Å². The Hall–Kier alpha value is -1.35. The molecule has 2 atom stereocenters. The van der Waals surface area contributed by atoms with E-state index in [4.69, 9.17) is 4.74 Å². The fourth-order valence-electron chi connectivity index (χ4n) is 2.45. The SMILES string of the molecule is CC(C)[C@H](CN1CCC1)C(=O)O[C@@H](C)c1ccccc1. The molecule has 0 amide bonds. The van der Waals surface area contributed by atoms with Crippen LogP contribution in [0.4, 0.5) is 0 Å². The predicted molar refractivity (Wildman–Crippen MR) is 80.3 cm³/mol. The molecule has 20 heavy (non-hydrogen) atoms. The van der Waals surface area contributed by atoms with Gasteiger partial charge in [-0.25, -0.2) is 0 Å². The van der Waals surface area contributed by atoms with Crippen molar-refractivity contribution in [3.05, 3.63) is 35.9 Å². The van der Waals surface area contributed by atoms with Crippen LogP contribution in [0.1, 0.15) is 38.9 Å². The number of hydrogen-bond donors (Lipinski definition) is 0. The quantitative estimate of drug-likeness (QED) is 0.746. The average molecular weight is 275 g/mol. The highest BCUT2D eigenvalue weighted by Crippen LogP contribution is 2.23. The Morgan fingerprint density at radius 2 is 1.85 bits per heavy atom. The zero-order valence-electron chi connectivity index (χ0n) is 12.7. The summed E-state index contributed by atoms with van der Waals surface area (Å²) in [7, 11) is 0. The van der Waals surface area contributed by atoms with Gasteiger partial charge in [0.1, 0.15) is 6.10 Å².